The van der Waals surface area contributed by atoms with Crippen molar-refractivity contribution in [1.82, 2.24) is 9.55 Å². The Balaban J connectivity index is 2.28. The number of benzene rings is 1. The lowest BCUT2D eigenvalue weighted by atomic mass is 10.2. The lowest BCUT2D eigenvalue weighted by molar-refractivity contribution is -0.575. The fourth-order valence-corrected chi connectivity index (χ4v) is 2.25. The highest BCUT2D eigenvalue weighted by Gasteiger charge is 2.15. The van der Waals surface area contributed by atoms with Gasteiger partial charge in [0.1, 0.15) is 0 Å². The number of rotatable bonds is 3. The van der Waals surface area contributed by atoms with Gasteiger partial charge in [-0.1, -0.05) is 12.1 Å². The zero-order chi connectivity index (χ0) is 13.4. The van der Waals surface area contributed by atoms with Crippen LogP contribution in [0.5, 0.6) is 0 Å². The van der Waals surface area contributed by atoms with Gasteiger partial charge in [-0.15, -0.1) is 0 Å². The molecule has 3 rings (SSSR count). The number of imidazole rings is 1. The molecule has 0 saturated carbocycles. The van der Waals surface area contributed by atoms with Crippen LogP contribution in [0.3, 0.4) is 0 Å². The Morgan fingerprint density at radius 2 is 2.16 bits per heavy atom. The van der Waals surface area contributed by atoms with E-state index in [1.54, 1.807) is 23.0 Å². The van der Waals surface area contributed by atoms with Crippen molar-refractivity contribution in [3.05, 3.63) is 42.0 Å². The lowest BCUT2D eigenvalue weighted by Crippen LogP contribution is -2.26. The van der Waals surface area contributed by atoms with Crippen molar-refractivity contribution < 1.29 is 14.9 Å². The third kappa shape index (κ3) is 1.91. The summed E-state index contributed by atoms with van der Waals surface area (Å²) in [5.74, 6) is 0. The molecule has 3 aromatic rings. The summed E-state index contributed by atoms with van der Waals surface area (Å²) in [5, 5.41) is 31.1. The number of pyridine rings is 1. The monoisotopic (exact) mass is 259 g/mol. The Hall–Kier alpha value is -2.18. The van der Waals surface area contributed by atoms with E-state index >= 15 is 0 Å². The van der Waals surface area contributed by atoms with Crippen LogP contribution in [0.1, 0.15) is 0 Å². The van der Waals surface area contributed by atoms with Crippen molar-refractivity contribution in [2.24, 2.45) is 0 Å². The molecule has 2 aromatic heterocycles. The molecule has 19 heavy (non-hydrogen) atoms. The maximum Gasteiger partial charge on any atom is 0.226 e. The van der Waals surface area contributed by atoms with Crippen LogP contribution < -0.4 is 4.73 Å². The molecule has 0 saturated heterocycles. The molecule has 2 heterocycles. The number of nitrogens with zero attached hydrogens (tertiary/aromatic N) is 3. The second-order valence-corrected chi connectivity index (χ2v) is 4.44. The Labute approximate surface area is 108 Å². The summed E-state index contributed by atoms with van der Waals surface area (Å²) in [5.41, 5.74) is 1.91. The van der Waals surface area contributed by atoms with E-state index in [2.05, 4.69) is 4.98 Å². The number of aromatic nitrogens is 3. The summed E-state index contributed by atoms with van der Waals surface area (Å²) in [6, 6.07) is 7.23. The average Bonchev–Trinajstić information content (AvgIpc) is 2.82. The van der Waals surface area contributed by atoms with E-state index < -0.39 is 6.10 Å². The maximum absolute atomic E-state index is 11.9. The molecule has 0 bridgehead atoms. The van der Waals surface area contributed by atoms with Gasteiger partial charge in [-0.05, 0) is 6.07 Å². The molecule has 0 radical (unpaired) electrons. The van der Waals surface area contributed by atoms with Gasteiger partial charge < -0.3 is 20.0 Å². The van der Waals surface area contributed by atoms with Crippen LogP contribution in [-0.4, -0.2) is 32.5 Å². The SMILES string of the molecule is [O-][n+]1cc2ncn(CC(O)CO)c2c2ccccc21. The Kier molecular flexibility index (Phi) is 2.81. The zero-order valence-corrected chi connectivity index (χ0v) is 10.1. The summed E-state index contributed by atoms with van der Waals surface area (Å²) in [4.78, 5) is 4.17. The van der Waals surface area contributed by atoms with Crippen molar-refractivity contribution in [3.63, 3.8) is 0 Å². The normalized spacial score (nSPS) is 13.2. The van der Waals surface area contributed by atoms with Gasteiger partial charge in [0.2, 0.25) is 11.7 Å². The topological polar surface area (TPSA) is 85.2 Å². The largest absolute Gasteiger partial charge is 0.618 e. The third-order valence-electron chi connectivity index (χ3n) is 3.12. The minimum absolute atomic E-state index is 0.236. The van der Waals surface area contributed by atoms with E-state index in [1.165, 1.54) is 6.20 Å². The molecule has 0 aliphatic heterocycles. The van der Waals surface area contributed by atoms with Gasteiger partial charge in [0.25, 0.3) is 0 Å². The van der Waals surface area contributed by atoms with Crippen LogP contribution in [0.2, 0.25) is 0 Å². The molecule has 0 aliphatic rings. The number of fused-ring (bicyclic) bond motifs is 3. The summed E-state index contributed by atoms with van der Waals surface area (Å²) in [6.45, 7) is -0.0775. The second-order valence-electron chi connectivity index (χ2n) is 4.44. The highest BCUT2D eigenvalue weighted by molar-refractivity contribution is 6.00. The molecule has 2 N–H and O–H groups in total. The quantitative estimate of drug-likeness (QED) is 0.519. The van der Waals surface area contributed by atoms with Gasteiger partial charge in [0, 0.05) is 6.07 Å². The third-order valence-corrected chi connectivity index (χ3v) is 3.12. The molecule has 0 aliphatic carbocycles. The van der Waals surface area contributed by atoms with Crippen molar-refractivity contribution in [2.45, 2.75) is 12.6 Å². The second kappa shape index (κ2) is 4.49. The first-order valence-electron chi connectivity index (χ1n) is 5.95. The van der Waals surface area contributed by atoms with E-state index in [0.29, 0.717) is 11.0 Å². The molecule has 1 aromatic carbocycles. The Bertz CT molecular complexity index is 738. The molecule has 0 fully saturated rings. The van der Waals surface area contributed by atoms with E-state index in [4.69, 9.17) is 5.11 Å². The Morgan fingerprint density at radius 3 is 2.95 bits per heavy atom. The molecule has 0 spiro atoms. The van der Waals surface area contributed by atoms with Crippen molar-refractivity contribution in [2.75, 3.05) is 6.61 Å². The van der Waals surface area contributed by atoms with E-state index in [9.17, 15) is 10.3 Å². The molecule has 98 valence electrons. The van der Waals surface area contributed by atoms with E-state index in [1.807, 2.05) is 12.1 Å². The molecule has 1 unspecified atom stereocenters. The summed E-state index contributed by atoms with van der Waals surface area (Å²) in [7, 11) is 0. The van der Waals surface area contributed by atoms with Crippen LogP contribution in [0.15, 0.2) is 36.8 Å². The van der Waals surface area contributed by atoms with E-state index in [-0.39, 0.29) is 13.2 Å². The minimum Gasteiger partial charge on any atom is -0.618 e. The van der Waals surface area contributed by atoms with Gasteiger partial charge >= 0.3 is 0 Å². The number of hydrogen-bond acceptors (Lipinski definition) is 4. The van der Waals surface area contributed by atoms with Crippen molar-refractivity contribution in [1.29, 1.82) is 0 Å². The zero-order valence-electron chi connectivity index (χ0n) is 10.1. The van der Waals surface area contributed by atoms with Gasteiger partial charge in [0.05, 0.1) is 36.5 Å². The van der Waals surface area contributed by atoms with Gasteiger partial charge in [0.15, 0.2) is 5.52 Å². The van der Waals surface area contributed by atoms with Crippen LogP contribution >= 0.6 is 0 Å². The summed E-state index contributed by atoms with van der Waals surface area (Å²) in [6.07, 6.45) is 2.13. The van der Waals surface area contributed by atoms with Crippen molar-refractivity contribution >= 4 is 21.9 Å². The molecule has 6 heteroatoms. The highest BCUT2D eigenvalue weighted by Crippen LogP contribution is 2.21. The van der Waals surface area contributed by atoms with Crippen LogP contribution in [0.4, 0.5) is 0 Å². The summed E-state index contributed by atoms with van der Waals surface area (Å²) < 4.78 is 2.54. The number of para-hydroxylation sites is 1. The number of hydrogen-bond donors (Lipinski definition) is 2. The number of aliphatic hydroxyl groups excluding tert-OH is 2. The Morgan fingerprint density at radius 1 is 1.37 bits per heavy atom. The predicted molar refractivity (Wildman–Crippen MR) is 69.3 cm³/mol. The van der Waals surface area contributed by atoms with Gasteiger partial charge in [-0.25, -0.2) is 4.98 Å². The molecule has 0 amide bonds. The van der Waals surface area contributed by atoms with Crippen molar-refractivity contribution in [3.8, 4) is 0 Å². The highest BCUT2D eigenvalue weighted by atomic mass is 16.5. The molecular formula is C13H13N3O3. The number of aliphatic hydroxyl groups is 2. The van der Waals surface area contributed by atoms with Gasteiger partial charge in [-0.2, -0.15) is 4.73 Å². The van der Waals surface area contributed by atoms with Crippen LogP contribution in [0, 0.1) is 5.21 Å². The predicted octanol–water partition coefficient (Wildman–Crippen LogP) is 0.176. The average molecular weight is 259 g/mol. The fraction of sp³-hybridized carbons (Fsp3) is 0.231. The first kappa shape index (κ1) is 11.9. The fourth-order valence-electron chi connectivity index (χ4n) is 2.25. The summed E-state index contributed by atoms with van der Waals surface area (Å²) >= 11 is 0. The first-order valence-corrected chi connectivity index (χ1v) is 5.95. The molecule has 6 nitrogen and oxygen atoms in total. The smallest absolute Gasteiger partial charge is 0.226 e. The van der Waals surface area contributed by atoms with E-state index in [0.717, 1.165) is 15.6 Å². The van der Waals surface area contributed by atoms with Gasteiger partial charge in [-0.3, -0.25) is 0 Å². The first-order chi connectivity index (χ1) is 9.20. The molecule has 1 atom stereocenters. The van der Waals surface area contributed by atoms with Crippen LogP contribution in [0.25, 0.3) is 21.9 Å². The van der Waals surface area contributed by atoms with Crippen LogP contribution in [-0.2, 0) is 6.54 Å². The molecular weight excluding hydrogens is 246 g/mol. The standard InChI is InChI=1S/C13H13N3O3/c17-7-9(18)5-15-8-14-11-6-16(19)12-4-2-1-3-10(12)13(11)15/h1-4,6,8-9,17-18H,5,7H2. The lowest BCUT2D eigenvalue weighted by Gasteiger charge is -2.10. The maximum atomic E-state index is 11.9. The minimum atomic E-state index is -0.851.